The average molecular weight is 419 g/mol. The number of hydroxylamine groups is 1. The fraction of sp³-hybridized carbons (Fsp3) is 0.167. The SMILES string of the molecule is Cc1ccccc1N1C(=O)[C@H]2[C@@H](ON(c3ccccc3)[C@H]2c2cccc(Cl)c2)C1=O. The van der Waals surface area contributed by atoms with Gasteiger partial charge in [0.1, 0.15) is 5.92 Å². The quantitative estimate of drug-likeness (QED) is 0.578. The van der Waals surface area contributed by atoms with Gasteiger partial charge in [-0.2, -0.15) is 0 Å². The molecule has 2 aliphatic rings. The van der Waals surface area contributed by atoms with Crippen molar-refractivity contribution in [2.75, 3.05) is 9.96 Å². The standard InChI is InChI=1S/C24H19ClN2O3/c1-15-8-5-6-13-19(15)26-23(28)20-21(16-9-7-10-17(25)14-16)27(30-22(20)24(26)29)18-11-3-2-4-12-18/h2-14,20-22H,1H3/t20-,21+,22-/m1/s1. The summed E-state index contributed by atoms with van der Waals surface area (Å²) >= 11 is 6.25. The first kappa shape index (κ1) is 18.9. The second kappa shape index (κ2) is 7.27. The zero-order chi connectivity index (χ0) is 20.8. The highest BCUT2D eigenvalue weighted by atomic mass is 35.5. The molecule has 0 radical (unpaired) electrons. The van der Waals surface area contributed by atoms with Gasteiger partial charge in [0.05, 0.1) is 17.4 Å². The number of aryl methyl sites for hydroxylation is 1. The van der Waals surface area contributed by atoms with Gasteiger partial charge in [-0.25, -0.2) is 9.96 Å². The van der Waals surface area contributed by atoms with E-state index in [-0.39, 0.29) is 11.8 Å². The largest absolute Gasteiger partial charge is 0.273 e. The van der Waals surface area contributed by atoms with E-state index in [0.29, 0.717) is 10.7 Å². The van der Waals surface area contributed by atoms with Gasteiger partial charge in [0.2, 0.25) is 5.91 Å². The molecule has 3 aromatic carbocycles. The minimum absolute atomic E-state index is 0.261. The molecule has 5 nitrogen and oxygen atoms in total. The molecule has 3 aromatic rings. The summed E-state index contributed by atoms with van der Waals surface area (Å²) in [6.07, 6.45) is -0.888. The summed E-state index contributed by atoms with van der Waals surface area (Å²) in [5.74, 6) is -1.27. The van der Waals surface area contributed by atoms with Crippen molar-refractivity contribution in [2.24, 2.45) is 5.92 Å². The van der Waals surface area contributed by atoms with Gasteiger partial charge in [-0.1, -0.05) is 60.1 Å². The fourth-order valence-corrected chi connectivity index (χ4v) is 4.49. The van der Waals surface area contributed by atoms with Crippen LogP contribution in [0.1, 0.15) is 17.2 Å². The lowest BCUT2D eigenvalue weighted by Gasteiger charge is -2.29. The summed E-state index contributed by atoms with van der Waals surface area (Å²) < 4.78 is 0. The van der Waals surface area contributed by atoms with Crippen molar-refractivity contribution in [1.82, 2.24) is 0 Å². The number of hydrogen-bond donors (Lipinski definition) is 0. The third-order valence-electron chi connectivity index (χ3n) is 5.67. The van der Waals surface area contributed by atoms with Crippen LogP contribution in [-0.4, -0.2) is 17.9 Å². The summed E-state index contributed by atoms with van der Waals surface area (Å²) in [5.41, 5.74) is 3.06. The normalized spacial score (nSPS) is 23.2. The summed E-state index contributed by atoms with van der Waals surface area (Å²) in [6.45, 7) is 1.88. The van der Waals surface area contributed by atoms with Crippen molar-refractivity contribution in [3.8, 4) is 0 Å². The monoisotopic (exact) mass is 418 g/mol. The van der Waals surface area contributed by atoms with Crippen molar-refractivity contribution in [3.05, 3.63) is 95.0 Å². The van der Waals surface area contributed by atoms with Crippen LogP contribution in [0.5, 0.6) is 0 Å². The van der Waals surface area contributed by atoms with Gasteiger partial charge in [0.25, 0.3) is 5.91 Å². The Morgan fingerprint density at radius 2 is 1.60 bits per heavy atom. The van der Waals surface area contributed by atoms with Crippen molar-refractivity contribution in [2.45, 2.75) is 19.1 Å². The van der Waals surface area contributed by atoms with Crippen molar-refractivity contribution >= 4 is 34.8 Å². The molecule has 0 spiro atoms. The predicted octanol–water partition coefficient (Wildman–Crippen LogP) is 4.70. The Bertz CT molecular complexity index is 1130. The second-order valence-electron chi connectivity index (χ2n) is 7.51. The van der Waals surface area contributed by atoms with Crippen LogP contribution < -0.4 is 9.96 Å². The van der Waals surface area contributed by atoms with Gasteiger partial charge in [-0.3, -0.25) is 14.4 Å². The van der Waals surface area contributed by atoms with Crippen LogP contribution in [0.3, 0.4) is 0 Å². The molecular weight excluding hydrogens is 400 g/mol. The van der Waals surface area contributed by atoms with E-state index in [2.05, 4.69) is 0 Å². The smallest absolute Gasteiger partial charge is 0.266 e. The molecule has 0 unspecified atom stereocenters. The molecule has 0 aromatic heterocycles. The molecule has 0 bridgehead atoms. The van der Waals surface area contributed by atoms with Gasteiger partial charge >= 0.3 is 0 Å². The number of rotatable bonds is 3. The molecule has 2 heterocycles. The van der Waals surface area contributed by atoms with Crippen molar-refractivity contribution in [3.63, 3.8) is 0 Å². The predicted molar refractivity (Wildman–Crippen MR) is 115 cm³/mol. The third-order valence-corrected chi connectivity index (χ3v) is 5.91. The Balaban J connectivity index is 1.61. The lowest BCUT2D eigenvalue weighted by Crippen LogP contribution is -2.37. The number of halogens is 1. The molecule has 2 amide bonds. The summed E-state index contributed by atoms with van der Waals surface area (Å²) in [4.78, 5) is 34.3. The minimum Gasteiger partial charge on any atom is -0.273 e. The molecule has 3 atom stereocenters. The summed E-state index contributed by atoms with van der Waals surface area (Å²) in [6, 6.07) is 23.7. The number of benzene rings is 3. The van der Waals surface area contributed by atoms with Crippen LogP contribution in [0.2, 0.25) is 5.02 Å². The number of carbonyl (C=O) groups excluding carboxylic acids is 2. The summed E-state index contributed by atoms with van der Waals surface area (Å²) in [5, 5.41) is 2.24. The lowest BCUT2D eigenvalue weighted by atomic mass is 9.90. The molecule has 2 saturated heterocycles. The maximum Gasteiger partial charge on any atom is 0.266 e. The number of imide groups is 1. The van der Waals surface area contributed by atoms with Crippen LogP contribution in [0.15, 0.2) is 78.9 Å². The zero-order valence-electron chi connectivity index (χ0n) is 16.2. The number of carbonyl (C=O) groups is 2. The molecule has 30 heavy (non-hydrogen) atoms. The van der Waals surface area contributed by atoms with Gasteiger partial charge in [-0.15, -0.1) is 0 Å². The van der Waals surface area contributed by atoms with Crippen LogP contribution >= 0.6 is 11.6 Å². The molecular formula is C24H19ClN2O3. The van der Waals surface area contributed by atoms with Crippen LogP contribution in [0.25, 0.3) is 0 Å². The Hall–Kier alpha value is -3.15. The van der Waals surface area contributed by atoms with Gasteiger partial charge < -0.3 is 0 Å². The zero-order valence-corrected chi connectivity index (χ0v) is 17.0. The summed E-state index contributed by atoms with van der Waals surface area (Å²) in [7, 11) is 0. The average Bonchev–Trinajstić information content (AvgIpc) is 3.26. The number of para-hydroxylation sites is 2. The number of fused-ring (bicyclic) bond motifs is 1. The van der Waals surface area contributed by atoms with Crippen LogP contribution in [0.4, 0.5) is 11.4 Å². The lowest BCUT2D eigenvalue weighted by molar-refractivity contribution is -0.126. The fourth-order valence-electron chi connectivity index (χ4n) is 4.29. The maximum atomic E-state index is 13.6. The second-order valence-corrected chi connectivity index (χ2v) is 7.95. The van der Waals surface area contributed by atoms with E-state index < -0.39 is 18.1 Å². The Kier molecular flexibility index (Phi) is 4.57. The highest BCUT2D eigenvalue weighted by Gasteiger charge is 2.60. The van der Waals surface area contributed by atoms with Gasteiger partial charge in [0.15, 0.2) is 6.10 Å². The molecule has 0 saturated carbocycles. The Labute approximate surface area is 179 Å². The first-order valence-electron chi connectivity index (χ1n) is 9.76. The Morgan fingerprint density at radius 3 is 2.33 bits per heavy atom. The molecule has 0 aliphatic carbocycles. The highest BCUT2D eigenvalue weighted by Crippen LogP contribution is 2.48. The van der Waals surface area contributed by atoms with E-state index in [1.165, 1.54) is 4.90 Å². The van der Waals surface area contributed by atoms with E-state index in [4.69, 9.17) is 16.4 Å². The van der Waals surface area contributed by atoms with Crippen LogP contribution in [0, 0.1) is 12.8 Å². The molecule has 6 heteroatoms. The van der Waals surface area contributed by atoms with E-state index in [0.717, 1.165) is 16.8 Å². The van der Waals surface area contributed by atoms with E-state index in [1.807, 2.05) is 73.7 Å². The van der Waals surface area contributed by atoms with Gasteiger partial charge in [-0.05, 0) is 48.4 Å². The van der Waals surface area contributed by atoms with E-state index >= 15 is 0 Å². The molecule has 0 N–H and O–H groups in total. The molecule has 150 valence electrons. The molecule has 5 rings (SSSR count). The van der Waals surface area contributed by atoms with E-state index in [1.54, 1.807) is 17.2 Å². The first-order chi connectivity index (χ1) is 14.6. The van der Waals surface area contributed by atoms with Crippen LogP contribution in [-0.2, 0) is 14.4 Å². The Morgan fingerprint density at radius 1 is 0.867 bits per heavy atom. The van der Waals surface area contributed by atoms with Gasteiger partial charge in [0, 0.05) is 5.02 Å². The number of anilines is 2. The number of nitrogens with zero attached hydrogens (tertiary/aromatic N) is 2. The number of amides is 2. The first-order valence-corrected chi connectivity index (χ1v) is 10.1. The third kappa shape index (κ3) is 2.90. The minimum atomic E-state index is -0.888. The van der Waals surface area contributed by atoms with Crippen molar-refractivity contribution < 1.29 is 14.4 Å². The van der Waals surface area contributed by atoms with Crippen molar-refractivity contribution in [1.29, 1.82) is 0 Å². The molecule has 2 fully saturated rings. The number of hydrogen-bond acceptors (Lipinski definition) is 4. The van der Waals surface area contributed by atoms with E-state index in [9.17, 15) is 9.59 Å². The molecule has 2 aliphatic heterocycles. The highest BCUT2D eigenvalue weighted by molar-refractivity contribution is 6.30. The maximum absolute atomic E-state index is 13.6. The topological polar surface area (TPSA) is 49.9 Å².